The molecule has 2 aliphatic heterocycles. The van der Waals surface area contributed by atoms with Crippen molar-refractivity contribution in [2.24, 2.45) is 11.8 Å². The minimum Gasteiger partial charge on any atom is -0.411 e. The summed E-state index contributed by atoms with van der Waals surface area (Å²) in [7, 11) is 0. The van der Waals surface area contributed by atoms with E-state index in [9.17, 15) is 23.2 Å². The first-order valence-electron chi connectivity index (χ1n) is 13.8. The number of hydrogen-bond acceptors (Lipinski definition) is 4. The van der Waals surface area contributed by atoms with Gasteiger partial charge in [-0.3, -0.25) is 9.59 Å². The maximum absolute atomic E-state index is 14.5. The highest BCUT2D eigenvalue weighted by Crippen LogP contribution is 2.36. The van der Waals surface area contributed by atoms with Gasteiger partial charge in [-0.2, -0.15) is 0 Å². The third kappa shape index (κ3) is 6.74. The van der Waals surface area contributed by atoms with Crippen molar-refractivity contribution >= 4 is 29.5 Å². The monoisotopic (exact) mass is 575 g/mol. The van der Waals surface area contributed by atoms with E-state index < -0.39 is 29.7 Å². The van der Waals surface area contributed by atoms with Crippen LogP contribution in [0.5, 0.6) is 0 Å². The van der Waals surface area contributed by atoms with Crippen LogP contribution in [0.25, 0.3) is 0 Å². The molecule has 2 heterocycles. The average molecular weight is 576 g/mol. The fourth-order valence-corrected chi connectivity index (χ4v) is 5.88. The van der Waals surface area contributed by atoms with Crippen LogP contribution in [0.3, 0.4) is 0 Å². The van der Waals surface area contributed by atoms with Crippen molar-refractivity contribution in [1.82, 2.24) is 14.7 Å². The second-order valence-electron chi connectivity index (χ2n) is 10.7. The molecule has 40 heavy (non-hydrogen) atoms. The number of likely N-dealkylation sites (N-methyl/N-ethyl adjacent to an activating group) is 1. The van der Waals surface area contributed by atoms with Crippen molar-refractivity contribution in [2.45, 2.75) is 51.0 Å². The molecule has 0 N–H and O–H groups in total. The Labute approximate surface area is 239 Å². The molecule has 3 aliphatic rings. The van der Waals surface area contributed by atoms with Gasteiger partial charge in [-0.25, -0.2) is 13.6 Å². The van der Waals surface area contributed by atoms with Gasteiger partial charge < -0.3 is 19.4 Å². The van der Waals surface area contributed by atoms with Crippen molar-refractivity contribution in [3.63, 3.8) is 0 Å². The molecule has 3 amide bonds. The number of hydrogen-bond donors (Lipinski definition) is 0. The Bertz CT molecular complexity index is 1190. The van der Waals surface area contributed by atoms with Gasteiger partial charge in [-0.1, -0.05) is 37.2 Å². The van der Waals surface area contributed by atoms with Gasteiger partial charge in [-0.05, 0) is 62.5 Å². The Hall–Kier alpha value is -3.20. The normalized spacial score (nSPS) is 21.8. The number of carbonyl (C=O) groups is 3. The highest BCUT2D eigenvalue weighted by atomic mass is 35.5. The topological polar surface area (TPSA) is 70.2 Å². The van der Waals surface area contributed by atoms with Gasteiger partial charge in [0.2, 0.25) is 11.8 Å². The lowest BCUT2D eigenvalue weighted by atomic mass is 9.83. The van der Waals surface area contributed by atoms with E-state index in [1.807, 2.05) is 4.90 Å². The third-order valence-electron chi connectivity index (χ3n) is 8.23. The SMILES string of the molecule is C=C(F)/C=C\C(=C)OC(=O)N(CC)[C@@H]1CN(C(=O)C2CCN(C(=O)C3CCC3)CC2)C[C@H]1c1ccc(Cl)c(F)c1. The van der Waals surface area contributed by atoms with Gasteiger partial charge in [0, 0.05) is 50.5 Å². The molecule has 0 radical (unpaired) electrons. The van der Waals surface area contributed by atoms with E-state index in [2.05, 4.69) is 13.2 Å². The first kappa shape index (κ1) is 29.8. The summed E-state index contributed by atoms with van der Waals surface area (Å²) in [5.74, 6) is -1.67. The highest BCUT2D eigenvalue weighted by Gasteiger charge is 2.44. The number of allylic oxidation sites excluding steroid dienone is 3. The van der Waals surface area contributed by atoms with Crippen LogP contribution in [0.1, 0.15) is 50.5 Å². The average Bonchev–Trinajstić information content (AvgIpc) is 3.33. The zero-order valence-corrected chi connectivity index (χ0v) is 23.5. The Kier molecular flexibility index (Phi) is 9.66. The van der Waals surface area contributed by atoms with Crippen molar-refractivity contribution in [3.05, 3.63) is 71.5 Å². The van der Waals surface area contributed by atoms with E-state index in [4.69, 9.17) is 16.3 Å². The van der Waals surface area contributed by atoms with Crippen molar-refractivity contribution in [1.29, 1.82) is 0 Å². The molecule has 1 saturated carbocycles. The largest absolute Gasteiger partial charge is 0.415 e. The first-order chi connectivity index (χ1) is 19.1. The number of nitrogens with zero attached hydrogens (tertiary/aromatic N) is 3. The van der Waals surface area contributed by atoms with E-state index in [0.29, 0.717) is 31.5 Å². The molecule has 0 bridgehead atoms. The molecule has 10 heteroatoms. The summed E-state index contributed by atoms with van der Waals surface area (Å²) in [5.41, 5.74) is 0.613. The second-order valence-corrected chi connectivity index (χ2v) is 11.1. The summed E-state index contributed by atoms with van der Waals surface area (Å²) in [4.78, 5) is 44.5. The maximum atomic E-state index is 14.5. The van der Waals surface area contributed by atoms with Crippen molar-refractivity contribution in [3.8, 4) is 0 Å². The molecule has 0 aromatic heterocycles. The fraction of sp³-hybridized carbons (Fsp3) is 0.500. The van der Waals surface area contributed by atoms with E-state index in [1.54, 1.807) is 17.9 Å². The highest BCUT2D eigenvalue weighted by molar-refractivity contribution is 6.30. The summed E-state index contributed by atoms with van der Waals surface area (Å²) >= 11 is 5.92. The Balaban J connectivity index is 1.49. The van der Waals surface area contributed by atoms with E-state index >= 15 is 0 Å². The lowest BCUT2D eigenvalue weighted by molar-refractivity contribution is -0.143. The molecule has 2 saturated heterocycles. The fourth-order valence-electron chi connectivity index (χ4n) is 5.76. The van der Waals surface area contributed by atoms with Crippen LogP contribution in [0, 0.1) is 17.7 Å². The number of likely N-dealkylation sites (tertiary alicyclic amines) is 2. The number of rotatable bonds is 8. The summed E-state index contributed by atoms with van der Waals surface area (Å²) < 4.78 is 32.8. The van der Waals surface area contributed by atoms with Gasteiger partial charge in [-0.15, -0.1) is 0 Å². The number of ether oxygens (including phenoxy) is 1. The Morgan fingerprint density at radius 3 is 2.27 bits per heavy atom. The minimum absolute atomic E-state index is 0.0151. The molecule has 1 aromatic rings. The minimum atomic E-state index is -0.711. The lowest BCUT2D eigenvalue weighted by Crippen LogP contribution is -2.47. The molecule has 216 valence electrons. The number of benzene rings is 1. The predicted molar refractivity (Wildman–Crippen MR) is 149 cm³/mol. The van der Waals surface area contributed by atoms with Crippen LogP contribution in [-0.4, -0.2) is 71.4 Å². The quantitative estimate of drug-likeness (QED) is 0.289. The van der Waals surface area contributed by atoms with Crippen LogP contribution in [0.15, 0.2) is 55.1 Å². The third-order valence-corrected chi connectivity index (χ3v) is 8.53. The molecule has 0 spiro atoms. The lowest BCUT2D eigenvalue weighted by Gasteiger charge is -2.37. The summed E-state index contributed by atoms with van der Waals surface area (Å²) in [6.45, 7) is 10.4. The van der Waals surface area contributed by atoms with Crippen LogP contribution < -0.4 is 0 Å². The van der Waals surface area contributed by atoms with Crippen LogP contribution >= 0.6 is 11.6 Å². The number of halogens is 3. The van der Waals surface area contributed by atoms with Crippen molar-refractivity contribution < 1.29 is 27.9 Å². The maximum Gasteiger partial charge on any atom is 0.415 e. The molecule has 7 nitrogen and oxygen atoms in total. The Morgan fingerprint density at radius 1 is 1.05 bits per heavy atom. The van der Waals surface area contributed by atoms with Crippen LogP contribution in [-0.2, 0) is 14.3 Å². The Morgan fingerprint density at radius 2 is 1.70 bits per heavy atom. The summed E-state index contributed by atoms with van der Waals surface area (Å²) in [5, 5.41) is -0.0151. The van der Waals surface area contributed by atoms with Crippen LogP contribution in [0.2, 0.25) is 5.02 Å². The molecular formula is C30H36ClF2N3O4. The van der Waals surface area contributed by atoms with Crippen molar-refractivity contribution in [2.75, 3.05) is 32.7 Å². The summed E-state index contributed by atoms with van der Waals surface area (Å²) in [6.07, 6.45) is 5.70. The van der Waals surface area contributed by atoms with E-state index in [0.717, 1.165) is 25.3 Å². The molecule has 1 aromatic carbocycles. The molecule has 2 atom stereocenters. The standard InChI is InChI=1S/C30H36ClF2N3O4/c1-4-36(30(39)40-20(3)9-8-19(2)32)27-18-35(17-24(27)23-10-11-25(31)26(33)16-23)29(38)22-12-14-34(15-13-22)28(37)21-6-5-7-21/h8-11,16,21-22,24,27H,2-7,12-15,17-18H2,1H3/b9-8-/t24-,27+/m0/s1. The zero-order valence-electron chi connectivity index (χ0n) is 22.8. The molecule has 1 aliphatic carbocycles. The molecular weight excluding hydrogens is 540 g/mol. The molecule has 3 fully saturated rings. The van der Waals surface area contributed by atoms with Gasteiger partial charge >= 0.3 is 6.09 Å². The van der Waals surface area contributed by atoms with Crippen LogP contribution in [0.4, 0.5) is 13.6 Å². The zero-order chi connectivity index (χ0) is 29.0. The molecule has 4 rings (SSSR count). The number of piperidine rings is 1. The summed E-state index contributed by atoms with van der Waals surface area (Å²) in [6, 6.07) is 4.00. The second kappa shape index (κ2) is 13.0. The predicted octanol–water partition coefficient (Wildman–Crippen LogP) is 5.82. The first-order valence-corrected chi connectivity index (χ1v) is 14.2. The number of carbonyl (C=O) groups excluding carboxylic acids is 3. The van der Waals surface area contributed by atoms with Gasteiger partial charge in [0.25, 0.3) is 0 Å². The van der Waals surface area contributed by atoms with Gasteiger partial charge in [0.15, 0.2) is 0 Å². The smallest absolute Gasteiger partial charge is 0.411 e. The number of amides is 3. The van der Waals surface area contributed by atoms with E-state index in [1.165, 1.54) is 23.1 Å². The van der Waals surface area contributed by atoms with Gasteiger partial charge in [0.05, 0.1) is 11.1 Å². The molecule has 0 unspecified atom stereocenters. The van der Waals surface area contributed by atoms with E-state index in [-0.39, 0.29) is 54.1 Å². The van der Waals surface area contributed by atoms with Gasteiger partial charge in [0.1, 0.15) is 17.4 Å².